The number of hydrogen-bond acceptors (Lipinski definition) is 3. The Hall–Kier alpha value is -0.870. The van der Waals surface area contributed by atoms with Gasteiger partial charge in [0, 0.05) is 31.3 Å². The number of allylic oxidation sites excluding steroid dienone is 1. The molecule has 4 heteroatoms. The zero-order valence-electron chi connectivity index (χ0n) is 10.8. The summed E-state index contributed by atoms with van der Waals surface area (Å²) in [5.41, 5.74) is 0.641. The van der Waals surface area contributed by atoms with Crippen molar-refractivity contribution >= 4 is 5.97 Å². The molecular formula is C13H21NO3. The van der Waals surface area contributed by atoms with Gasteiger partial charge in [-0.2, -0.15) is 0 Å². The molecule has 0 aromatic heterocycles. The van der Waals surface area contributed by atoms with Gasteiger partial charge in [-0.15, -0.1) is 0 Å². The Morgan fingerprint density at radius 3 is 2.35 bits per heavy atom. The second-order valence-corrected chi connectivity index (χ2v) is 5.41. The predicted molar refractivity (Wildman–Crippen MR) is 64.9 cm³/mol. The van der Waals surface area contributed by atoms with Crippen molar-refractivity contribution in [1.82, 2.24) is 0 Å². The Morgan fingerprint density at radius 1 is 1.35 bits per heavy atom. The third kappa shape index (κ3) is 2.24. The summed E-state index contributed by atoms with van der Waals surface area (Å²) in [6.45, 7) is 3.58. The lowest BCUT2D eigenvalue weighted by atomic mass is 10.00. The van der Waals surface area contributed by atoms with Gasteiger partial charge in [0.1, 0.15) is 6.10 Å². The summed E-state index contributed by atoms with van der Waals surface area (Å²) in [7, 11) is 1.76. The van der Waals surface area contributed by atoms with Crippen molar-refractivity contribution < 1.29 is 14.2 Å². The molecule has 2 atom stereocenters. The summed E-state index contributed by atoms with van der Waals surface area (Å²) in [4.78, 5) is 11.7. The summed E-state index contributed by atoms with van der Waals surface area (Å²) in [5, 5.41) is 12.3. The normalized spacial score (nSPS) is 41.4. The van der Waals surface area contributed by atoms with Crippen LogP contribution in [0.5, 0.6) is 0 Å². The number of piperidine rings is 1. The highest BCUT2D eigenvalue weighted by Gasteiger charge is 2.47. The van der Waals surface area contributed by atoms with Crippen molar-refractivity contribution in [3.8, 4) is 0 Å². The summed E-state index contributed by atoms with van der Waals surface area (Å²) in [5.74, 6) is -0.237. The van der Waals surface area contributed by atoms with E-state index in [1.807, 2.05) is 6.92 Å². The van der Waals surface area contributed by atoms with Crippen LogP contribution in [0.15, 0.2) is 11.6 Å². The van der Waals surface area contributed by atoms with Crippen molar-refractivity contribution in [2.24, 2.45) is 0 Å². The molecule has 2 aliphatic heterocycles. The van der Waals surface area contributed by atoms with E-state index in [1.54, 1.807) is 20.0 Å². The first kappa shape index (κ1) is 12.6. The molecule has 0 N–H and O–H groups in total. The molecule has 0 amide bonds. The number of nitrogens with zero attached hydrogens (tertiary/aromatic N) is 1. The maximum atomic E-state index is 12.3. The van der Waals surface area contributed by atoms with Crippen LogP contribution in [0.1, 0.15) is 39.5 Å². The zero-order valence-corrected chi connectivity index (χ0v) is 10.8. The second kappa shape index (κ2) is 4.42. The van der Waals surface area contributed by atoms with E-state index < -0.39 is 0 Å². The third-order valence-electron chi connectivity index (χ3n) is 4.38. The van der Waals surface area contributed by atoms with Gasteiger partial charge in [-0.3, -0.25) is 0 Å². The number of carbonyl (C=O) groups excluding carboxylic acids is 1. The fourth-order valence-corrected chi connectivity index (χ4v) is 3.01. The largest absolute Gasteiger partial charge is 0.633 e. The Labute approximate surface area is 102 Å². The minimum absolute atomic E-state index is 0.0601. The molecular weight excluding hydrogens is 218 g/mol. The maximum Gasteiger partial charge on any atom is 0.333 e. The fourth-order valence-electron chi connectivity index (χ4n) is 3.01. The maximum absolute atomic E-state index is 12.3. The van der Waals surface area contributed by atoms with Crippen LogP contribution in [-0.4, -0.2) is 35.9 Å². The lowest BCUT2D eigenvalue weighted by molar-refractivity contribution is -0.903. The fraction of sp³-hybridized carbons (Fsp3) is 0.769. The van der Waals surface area contributed by atoms with Crippen LogP contribution < -0.4 is 0 Å². The third-order valence-corrected chi connectivity index (χ3v) is 4.38. The molecule has 17 heavy (non-hydrogen) atoms. The molecule has 2 bridgehead atoms. The van der Waals surface area contributed by atoms with E-state index in [0.29, 0.717) is 5.57 Å². The standard InChI is InChI=1S/C13H21NO3/c1-4-9(2)13(15)17-12-7-10-5-6-11(8-12)14(10,3)16/h4,10-12H,5-8H2,1-3H3. The molecule has 2 unspecified atom stereocenters. The average Bonchev–Trinajstić information content (AvgIpc) is 2.49. The highest BCUT2D eigenvalue weighted by atomic mass is 16.6. The summed E-state index contributed by atoms with van der Waals surface area (Å²) < 4.78 is 5.33. The van der Waals surface area contributed by atoms with Gasteiger partial charge in [-0.25, -0.2) is 4.79 Å². The van der Waals surface area contributed by atoms with Gasteiger partial charge >= 0.3 is 5.97 Å². The topological polar surface area (TPSA) is 49.4 Å². The Balaban J connectivity index is 1.97. The number of fused-ring (bicyclic) bond motifs is 2. The van der Waals surface area contributed by atoms with E-state index >= 15 is 0 Å². The molecule has 0 saturated carbocycles. The summed E-state index contributed by atoms with van der Waals surface area (Å²) in [6, 6.07) is 0.245. The lowest BCUT2D eigenvalue weighted by Gasteiger charge is -2.50. The number of hydrogen-bond donors (Lipinski definition) is 0. The summed E-state index contributed by atoms with van der Waals surface area (Å²) in [6.07, 6.45) is 5.09. The van der Waals surface area contributed by atoms with E-state index in [2.05, 4.69) is 0 Å². The van der Waals surface area contributed by atoms with Gasteiger partial charge in [0.15, 0.2) is 0 Å². The lowest BCUT2D eigenvalue weighted by Crippen LogP contribution is -2.54. The van der Waals surface area contributed by atoms with E-state index in [4.69, 9.17) is 4.74 Å². The molecule has 0 radical (unpaired) electrons. The molecule has 96 valence electrons. The molecule has 0 aliphatic carbocycles. The second-order valence-electron chi connectivity index (χ2n) is 5.41. The van der Waals surface area contributed by atoms with Crippen molar-refractivity contribution in [3.05, 3.63) is 16.9 Å². The van der Waals surface area contributed by atoms with Gasteiger partial charge < -0.3 is 14.6 Å². The first-order chi connectivity index (χ1) is 7.95. The van der Waals surface area contributed by atoms with Gasteiger partial charge in [0.2, 0.25) is 0 Å². The first-order valence-electron chi connectivity index (χ1n) is 6.36. The van der Waals surface area contributed by atoms with E-state index in [-0.39, 0.29) is 28.8 Å². The predicted octanol–water partition coefficient (Wildman–Crippen LogP) is 2.13. The number of hydroxylamine groups is 3. The van der Waals surface area contributed by atoms with Crippen LogP contribution in [0.3, 0.4) is 0 Å². The first-order valence-corrected chi connectivity index (χ1v) is 6.36. The number of quaternary nitrogens is 1. The van der Waals surface area contributed by atoms with Crippen molar-refractivity contribution in [2.75, 3.05) is 7.05 Å². The average molecular weight is 239 g/mol. The molecule has 2 saturated heterocycles. The van der Waals surface area contributed by atoms with Gasteiger partial charge in [0.25, 0.3) is 0 Å². The van der Waals surface area contributed by atoms with Crippen molar-refractivity contribution in [3.63, 3.8) is 0 Å². The van der Waals surface area contributed by atoms with E-state index in [1.165, 1.54) is 0 Å². The SMILES string of the molecule is CC=C(C)C(=O)OC1CC2CCC(C1)[N+]2(C)[O-]. The monoisotopic (exact) mass is 239 g/mol. The minimum atomic E-state index is -0.237. The molecule has 4 nitrogen and oxygen atoms in total. The summed E-state index contributed by atoms with van der Waals surface area (Å²) >= 11 is 0. The van der Waals surface area contributed by atoms with E-state index in [0.717, 1.165) is 25.7 Å². The minimum Gasteiger partial charge on any atom is -0.633 e. The van der Waals surface area contributed by atoms with Crippen molar-refractivity contribution in [1.29, 1.82) is 0 Å². The number of rotatable bonds is 2. The zero-order chi connectivity index (χ0) is 12.6. The quantitative estimate of drug-likeness (QED) is 0.321. The Morgan fingerprint density at radius 2 is 1.88 bits per heavy atom. The Kier molecular flexibility index (Phi) is 3.27. The molecule has 0 aromatic carbocycles. The van der Waals surface area contributed by atoms with Crippen LogP contribution >= 0.6 is 0 Å². The van der Waals surface area contributed by atoms with Crippen LogP contribution in [0, 0.1) is 5.21 Å². The number of ether oxygens (including phenoxy) is 1. The van der Waals surface area contributed by atoms with E-state index in [9.17, 15) is 10.0 Å². The van der Waals surface area contributed by atoms with Crippen molar-refractivity contribution in [2.45, 2.75) is 57.7 Å². The molecule has 2 heterocycles. The highest BCUT2D eigenvalue weighted by Crippen LogP contribution is 2.41. The number of esters is 1. The van der Waals surface area contributed by atoms with Gasteiger partial charge in [0.05, 0.1) is 19.1 Å². The molecule has 2 rings (SSSR count). The van der Waals surface area contributed by atoms with Crippen LogP contribution in [0.25, 0.3) is 0 Å². The molecule has 2 aliphatic rings. The highest BCUT2D eigenvalue weighted by molar-refractivity contribution is 5.87. The smallest absolute Gasteiger partial charge is 0.333 e. The van der Waals surface area contributed by atoms with Crippen LogP contribution in [0.4, 0.5) is 0 Å². The molecule has 2 fully saturated rings. The van der Waals surface area contributed by atoms with Crippen LogP contribution in [-0.2, 0) is 9.53 Å². The Bertz CT molecular complexity index is 333. The number of carbonyl (C=O) groups is 1. The van der Waals surface area contributed by atoms with Crippen LogP contribution in [0.2, 0.25) is 0 Å². The molecule has 0 spiro atoms. The molecule has 0 aromatic rings. The van der Waals surface area contributed by atoms with Gasteiger partial charge in [-0.1, -0.05) is 6.08 Å². The van der Waals surface area contributed by atoms with Gasteiger partial charge in [-0.05, 0) is 13.8 Å².